The van der Waals surface area contributed by atoms with Crippen molar-refractivity contribution in [1.82, 2.24) is 9.88 Å². The van der Waals surface area contributed by atoms with Crippen LogP contribution < -0.4 is 15.0 Å². The molecule has 0 bridgehead atoms. The summed E-state index contributed by atoms with van der Waals surface area (Å²) in [6.45, 7) is 6.34. The number of aromatic nitrogens is 1. The highest BCUT2D eigenvalue weighted by molar-refractivity contribution is 6.14. The molecule has 1 saturated carbocycles. The van der Waals surface area contributed by atoms with Gasteiger partial charge in [0.25, 0.3) is 5.91 Å². The minimum atomic E-state index is -1.08. The second kappa shape index (κ2) is 9.64. The van der Waals surface area contributed by atoms with Gasteiger partial charge >= 0.3 is 0 Å². The highest BCUT2D eigenvalue weighted by Gasteiger charge is 2.49. The number of fused-ring (bicyclic) bond motifs is 3. The van der Waals surface area contributed by atoms with E-state index in [0.717, 1.165) is 59.2 Å². The highest BCUT2D eigenvalue weighted by atomic mass is 16.5. The Hall–Kier alpha value is -3.28. The lowest BCUT2D eigenvalue weighted by Gasteiger charge is -2.45. The summed E-state index contributed by atoms with van der Waals surface area (Å²) >= 11 is 0. The zero-order chi connectivity index (χ0) is 25.4. The average Bonchev–Trinajstić information content (AvgIpc) is 3.19. The van der Waals surface area contributed by atoms with Crippen molar-refractivity contribution < 1.29 is 14.3 Å². The molecular weight excluding hydrogens is 450 g/mol. The Morgan fingerprint density at radius 1 is 1.00 bits per heavy atom. The summed E-state index contributed by atoms with van der Waals surface area (Å²) in [5.74, 6) is 0.490. The summed E-state index contributed by atoms with van der Waals surface area (Å²) in [5.41, 5.74) is 3.32. The van der Waals surface area contributed by atoms with Crippen molar-refractivity contribution in [2.75, 3.05) is 12.0 Å². The quantitative estimate of drug-likeness (QED) is 0.497. The molecule has 0 radical (unpaired) electrons. The molecule has 1 aliphatic carbocycles. The first-order chi connectivity index (χ1) is 17.3. The second-order valence-electron chi connectivity index (χ2n) is 10.8. The van der Waals surface area contributed by atoms with E-state index in [0.29, 0.717) is 12.2 Å². The van der Waals surface area contributed by atoms with Crippen molar-refractivity contribution in [3.8, 4) is 5.75 Å². The summed E-state index contributed by atoms with van der Waals surface area (Å²) in [6, 6.07) is 14.0. The van der Waals surface area contributed by atoms with Crippen LogP contribution in [0.1, 0.15) is 73.5 Å². The van der Waals surface area contributed by atoms with Crippen LogP contribution in [-0.2, 0) is 11.3 Å². The number of ether oxygens (including phenoxy) is 1. The number of aryl methyl sites for hydroxylation is 2. The first-order valence-corrected chi connectivity index (χ1v) is 13.2. The molecule has 0 spiro atoms. The Morgan fingerprint density at radius 2 is 1.72 bits per heavy atom. The average molecular weight is 488 g/mol. The van der Waals surface area contributed by atoms with E-state index in [1.54, 1.807) is 12.0 Å². The fourth-order valence-corrected chi connectivity index (χ4v) is 5.97. The molecule has 0 saturated heterocycles. The SMILES string of the molecule is COc1ccc2cc3n(c2c1)CC(C)(C(=O)NC1CCCCCCC1)N(c1ccc(C)cc1C)C3=O. The fourth-order valence-electron chi connectivity index (χ4n) is 5.97. The smallest absolute Gasteiger partial charge is 0.275 e. The molecule has 1 atom stereocenters. The van der Waals surface area contributed by atoms with Crippen molar-refractivity contribution in [1.29, 1.82) is 0 Å². The van der Waals surface area contributed by atoms with Gasteiger partial charge in [0.05, 0.1) is 19.2 Å². The molecule has 1 unspecified atom stereocenters. The monoisotopic (exact) mass is 487 g/mol. The van der Waals surface area contributed by atoms with Gasteiger partial charge in [0.2, 0.25) is 5.91 Å². The summed E-state index contributed by atoms with van der Waals surface area (Å²) in [7, 11) is 1.64. The maximum absolute atomic E-state index is 14.2. The molecule has 2 aliphatic rings. The van der Waals surface area contributed by atoms with E-state index >= 15 is 0 Å². The number of hydrogen-bond acceptors (Lipinski definition) is 3. The van der Waals surface area contributed by atoms with Crippen molar-refractivity contribution in [3.63, 3.8) is 0 Å². The summed E-state index contributed by atoms with van der Waals surface area (Å²) in [4.78, 5) is 30.1. The van der Waals surface area contributed by atoms with E-state index in [1.807, 2.05) is 61.7 Å². The van der Waals surface area contributed by atoms with Gasteiger partial charge in [-0.25, -0.2) is 0 Å². The molecule has 1 fully saturated rings. The standard InChI is InChI=1S/C30H37N3O3/c1-20-12-15-25(21(2)16-20)33-28(34)27-17-22-13-14-24(36-4)18-26(22)32(27)19-30(33,3)29(35)31-23-10-8-6-5-7-9-11-23/h12-18,23H,5-11,19H2,1-4H3,(H,31,35). The third-order valence-corrected chi connectivity index (χ3v) is 8.02. The van der Waals surface area contributed by atoms with Gasteiger partial charge in [-0.05, 0) is 63.4 Å². The van der Waals surface area contributed by atoms with Crippen LogP contribution in [0.2, 0.25) is 0 Å². The van der Waals surface area contributed by atoms with Crippen molar-refractivity contribution in [2.24, 2.45) is 0 Å². The predicted octanol–water partition coefficient (Wildman–Crippen LogP) is 5.91. The fraction of sp³-hybridized carbons (Fsp3) is 0.467. The number of methoxy groups -OCH3 is 1. The Bertz CT molecular complexity index is 1300. The molecule has 6 heteroatoms. The topological polar surface area (TPSA) is 63.6 Å². The van der Waals surface area contributed by atoms with Crippen LogP contribution in [-0.4, -0.2) is 35.1 Å². The van der Waals surface area contributed by atoms with Gasteiger partial charge in [-0.15, -0.1) is 0 Å². The van der Waals surface area contributed by atoms with E-state index in [1.165, 1.54) is 19.3 Å². The van der Waals surface area contributed by atoms with Gasteiger partial charge in [-0.3, -0.25) is 14.5 Å². The van der Waals surface area contributed by atoms with Crippen molar-refractivity contribution in [2.45, 2.75) is 83.8 Å². The number of carbonyl (C=O) groups excluding carboxylic acids is 2. The molecule has 190 valence electrons. The number of benzene rings is 2. The van der Waals surface area contributed by atoms with Crippen LogP contribution >= 0.6 is 0 Å². The normalized spacial score (nSPS) is 21.1. The maximum atomic E-state index is 14.2. The molecule has 1 N–H and O–H groups in total. The first-order valence-electron chi connectivity index (χ1n) is 13.2. The molecule has 36 heavy (non-hydrogen) atoms. The molecular formula is C30H37N3O3. The Morgan fingerprint density at radius 3 is 2.42 bits per heavy atom. The van der Waals surface area contributed by atoms with Gasteiger partial charge in [0.1, 0.15) is 17.0 Å². The van der Waals surface area contributed by atoms with Crippen LogP contribution in [0.25, 0.3) is 10.9 Å². The molecule has 6 nitrogen and oxygen atoms in total. The summed E-state index contributed by atoms with van der Waals surface area (Å²) < 4.78 is 7.46. The number of amides is 2. The summed E-state index contributed by atoms with van der Waals surface area (Å²) in [6.07, 6.45) is 7.97. The number of nitrogens with zero attached hydrogens (tertiary/aromatic N) is 2. The third kappa shape index (κ3) is 4.27. The molecule has 2 amide bonds. The molecule has 1 aliphatic heterocycles. The number of hydrogen-bond donors (Lipinski definition) is 1. The molecule has 3 aromatic rings. The van der Waals surface area contributed by atoms with Crippen LogP contribution in [0.15, 0.2) is 42.5 Å². The number of anilines is 1. The lowest BCUT2D eigenvalue weighted by atomic mass is 9.91. The highest BCUT2D eigenvalue weighted by Crippen LogP contribution is 2.38. The summed E-state index contributed by atoms with van der Waals surface area (Å²) in [5, 5.41) is 4.33. The van der Waals surface area contributed by atoms with Crippen LogP contribution in [0.3, 0.4) is 0 Å². The molecule has 2 heterocycles. The van der Waals surface area contributed by atoms with E-state index < -0.39 is 5.54 Å². The Labute approximate surface area is 213 Å². The lowest BCUT2D eigenvalue weighted by Crippen LogP contribution is -2.65. The molecule has 1 aromatic heterocycles. The van der Waals surface area contributed by atoms with Gasteiger partial charge in [-0.1, -0.05) is 49.8 Å². The van der Waals surface area contributed by atoms with Crippen molar-refractivity contribution in [3.05, 3.63) is 59.3 Å². The minimum absolute atomic E-state index is 0.0863. The number of nitrogens with one attached hydrogen (secondary N) is 1. The van der Waals surface area contributed by atoms with E-state index in [-0.39, 0.29) is 17.9 Å². The zero-order valence-corrected chi connectivity index (χ0v) is 21.9. The van der Waals surface area contributed by atoms with Crippen LogP contribution in [0, 0.1) is 13.8 Å². The van der Waals surface area contributed by atoms with Crippen molar-refractivity contribution >= 4 is 28.4 Å². The Balaban J connectivity index is 1.60. The first kappa shape index (κ1) is 24.4. The van der Waals surface area contributed by atoms with E-state index in [4.69, 9.17) is 4.74 Å². The minimum Gasteiger partial charge on any atom is -0.497 e. The van der Waals surface area contributed by atoms with Crippen LogP contribution in [0.5, 0.6) is 5.75 Å². The zero-order valence-electron chi connectivity index (χ0n) is 21.9. The van der Waals surface area contributed by atoms with Gasteiger partial charge in [0, 0.05) is 23.2 Å². The predicted molar refractivity (Wildman–Crippen MR) is 144 cm³/mol. The van der Waals surface area contributed by atoms with Gasteiger partial charge in [-0.2, -0.15) is 0 Å². The maximum Gasteiger partial charge on any atom is 0.275 e. The van der Waals surface area contributed by atoms with Gasteiger partial charge in [0.15, 0.2) is 0 Å². The van der Waals surface area contributed by atoms with Gasteiger partial charge < -0.3 is 14.6 Å². The molecule has 2 aromatic carbocycles. The second-order valence-corrected chi connectivity index (χ2v) is 10.8. The van der Waals surface area contributed by atoms with E-state index in [9.17, 15) is 9.59 Å². The van der Waals surface area contributed by atoms with E-state index in [2.05, 4.69) is 11.4 Å². The third-order valence-electron chi connectivity index (χ3n) is 8.02. The number of rotatable bonds is 4. The number of carbonyl (C=O) groups is 2. The molecule has 5 rings (SSSR count). The van der Waals surface area contributed by atoms with Crippen LogP contribution in [0.4, 0.5) is 5.69 Å². The lowest BCUT2D eigenvalue weighted by molar-refractivity contribution is -0.127. The largest absolute Gasteiger partial charge is 0.497 e. The Kier molecular flexibility index (Phi) is 6.54.